The highest BCUT2D eigenvalue weighted by atomic mass is 32.2. The molecule has 0 radical (unpaired) electrons. The number of benzene rings is 1. The lowest BCUT2D eigenvalue weighted by Crippen LogP contribution is -2.45. The van der Waals surface area contributed by atoms with Gasteiger partial charge in [-0.05, 0) is 24.3 Å². The summed E-state index contributed by atoms with van der Waals surface area (Å²) in [7, 11) is -3.23. The molecule has 1 N–H and O–H groups in total. The van der Waals surface area contributed by atoms with Crippen LogP contribution in [0.4, 0.5) is 0 Å². The fraction of sp³-hybridized carbons (Fsp3) is 0.611. The molecule has 1 aromatic carbocycles. The molecule has 1 aromatic rings. The van der Waals surface area contributed by atoms with Crippen LogP contribution < -0.4 is 5.32 Å². The molecular weight excluding hydrogens is 324 g/mol. The molecule has 6 heteroatoms. The highest BCUT2D eigenvalue weighted by molar-refractivity contribution is 7.88. The van der Waals surface area contributed by atoms with Crippen LogP contribution >= 0.6 is 0 Å². The van der Waals surface area contributed by atoms with E-state index >= 15 is 0 Å². The highest BCUT2D eigenvalue weighted by Gasteiger charge is 2.30. The summed E-state index contributed by atoms with van der Waals surface area (Å²) >= 11 is 0. The summed E-state index contributed by atoms with van der Waals surface area (Å²) in [6.07, 6.45) is 2.68. The van der Waals surface area contributed by atoms with E-state index in [0.29, 0.717) is 25.6 Å². The van der Waals surface area contributed by atoms with Gasteiger partial charge < -0.3 is 5.32 Å². The molecule has 0 aliphatic carbocycles. The number of carbonyl (C=O) groups excluding carboxylic acids is 1. The highest BCUT2D eigenvalue weighted by Crippen LogP contribution is 2.24. The zero-order chi connectivity index (χ0) is 17.7. The minimum Gasteiger partial charge on any atom is -0.355 e. The van der Waals surface area contributed by atoms with Gasteiger partial charge in [-0.1, -0.05) is 44.2 Å². The zero-order valence-corrected chi connectivity index (χ0v) is 15.6. The van der Waals surface area contributed by atoms with E-state index in [0.717, 1.165) is 12.8 Å². The number of carbonyl (C=O) groups is 1. The number of piperidine rings is 1. The molecule has 0 unspecified atom stereocenters. The first-order valence-corrected chi connectivity index (χ1v) is 10.4. The molecule has 1 aliphatic rings. The lowest BCUT2D eigenvalue weighted by Gasteiger charge is -2.31. The first-order chi connectivity index (χ1) is 11.3. The van der Waals surface area contributed by atoms with Crippen molar-refractivity contribution in [2.45, 2.75) is 32.6 Å². The SMILES string of the molecule is CC(C)[C@H](CNC(=O)[C@@H]1CCCN(S(C)(=O)=O)C1)c1ccccc1. The first-order valence-electron chi connectivity index (χ1n) is 8.57. The average molecular weight is 353 g/mol. The van der Waals surface area contributed by atoms with Crippen LogP contribution in [0.1, 0.15) is 38.2 Å². The summed E-state index contributed by atoms with van der Waals surface area (Å²) in [5.74, 6) is 0.373. The van der Waals surface area contributed by atoms with E-state index in [-0.39, 0.29) is 17.7 Å². The van der Waals surface area contributed by atoms with Crippen molar-refractivity contribution in [2.24, 2.45) is 11.8 Å². The second-order valence-corrected chi connectivity index (χ2v) is 8.95. The van der Waals surface area contributed by atoms with E-state index in [1.807, 2.05) is 18.2 Å². The van der Waals surface area contributed by atoms with Gasteiger partial charge in [0.25, 0.3) is 0 Å². The Labute approximate surface area is 145 Å². The minimum absolute atomic E-state index is 0.0371. The van der Waals surface area contributed by atoms with Crippen molar-refractivity contribution in [2.75, 3.05) is 25.9 Å². The van der Waals surface area contributed by atoms with Gasteiger partial charge in [-0.15, -0.1) is 0 Å². The first kappa shape index (κ1) is 18.9. The molecule has 1 fully saturated rings. The molecule has 0 aromatic heterocycles. The van der Waals surface area contributed by atoms with E-state index in [4.69, 9.17) is 0 Å². The van der Waals surface area contributed by atoms with E-state index in [9.17, 15) is 13.2 Å². The predicted octanol–water partition coefficient (Wildman–Crippen LogP) is 2.21. The molecule has 134 valence electrons. The van der Waals surface area contributed by atoms with Crippen molar-refractivity contribution >= 4 is 15.9 Å². The van der Waals surface area contributed by atoms with Crippen molar-refractivity contribution < 1.29 is 13.2 Å². The van der Waals surface area contributed by atoms with Gasteiger partial charge >= 0.3 is 0 Å². The summed E-state index contributed by atoms with van der Waals surface area (Å²) in [6, 6.07) is 10.2. The molecule has 1 aliphatic heterocycles. The number of nitrogens with one attached hydrogen (secondary N) is 1. The summed E-state index contributed by atoms with van der Waals surface area (Å²) in [6.45, 7) is 5.69. The lowest BCUT2D eigenvalue weighted by molar-refractivity contribution is -0.126. The van der Waals surface area contributed by atoms with Crippen LogP contribution in [-0.4, -0.2) is 44.5 Å². The zero-order valence-electron chi connectivity index (χ0n) is 14.7. The number of rotatable bonds is 6. The maximum absolute atomic E-state index is 12.5. The Hall–Kier alpha value is -1.40. The number of hydrogen-bond donors (Lipinski definition) is 1. The maximum atomic E-state index is 12.5. The Morgan fingerprint density at radius 3 is 2.54 bits per heavy atom. The number of amides is 1. The molecule has 2 atom stereocenters. The quantitative estimate of drug-likeness (QED) is 0.854. The number of sulfonamides is 1. The summed E-state index contributed by atoms with van der Waals surface area (Å²) < 4.78 is 24.8. The van der Waals surface area contributed by atoms with Gasteiger partial charge in [-0.25, -0.2) is 12.7 Å². The molecule has 1 saturated heterocycles. The molecular formula is C18H28N2O3S. The van der Waals surface area contributed by atoms with Gasteiger partial charge in [-0.3, -0.25) is 4.79 Å². The van der Waals surface area contributed by atoms with Crippen molar-refractivity contribution in [1.82, 2.24) is 9.62 Å². The maximum Gasteiger partial charge on any atom is 0.224 e. The van der Waals surface area contributed by atoms with Crippen LogP contribution in [0.3, 0.4) is 0 Å². The molecule has 24 heavy (non-hydrogen) atoms. The van der Waals surface area contributed by atoms with Crippen LogP contribution in [0.15, 0.2) is 30.3 Å². The van der Waals surface area contributed by atoms with E-state index in [1.54, 1.807) is 0 Å². The molecule has 5 nitrogen and oxygen atoms in total. The predicted molar refractivity (Wildman–Crippen MR) is 96.2 cm³/mol. The van der Waals surface area contributed by atoms with Crippen LogP contribution in [-0.2, 0) is 14.8 Å². The molecule has 0 saturated carbocycles. The summed E-state index contributed by atoms with van der Waals surface area (Å²) in [5.41, 5.74) is 1.22. The fourth-order valence-corrected chi connectivity index (χ4v) is 4.16. The Kier molecular flexibility index (Phi) is 6.40. The van der Waals surface area contributed by atoms with Crippen molar-refractivity contribution in [3.63, 3.8) is 0 Å². The smallest absolute Gasteiger partial charge is 0.224 e. The van der Waals surface area contributed by atoms with Crippen LogP contribution in [0.2, 0.25) is 0 Å². The van der Waals surface area contributed by atoms with Gasteiger partial charge in [-0.2, -0.15) is 0 Å². The molecule has 0 bridgehead atoms. The third-order valence-corrected chi connectivity index (χ3v) is 6.02. The molecule has 1 amide bonds. The Balaban J connectivity index is 1.96. The Morgan fingerprint density at radius 2 is 1.96 bits per heavy atom. The third kappa shape index (κ3) is 5.05. The molecule has 0 spiro atoms. The van der Waals surface area contributed by atoms with Gasteiger partial charge in [0, 0.05) is 25.6 Å². The average Bonchev–Trinajstić information content (AvgIpc) is 2.55. The second-order valence-electron chi connectivity index (χ2n) is 6.97. The largest absolute Gasteiger partial charge is 0.355 e. The lowest BCUT2D eigenvalue weighted by atomic mass is 9.88. The molecule has 1 heterocycles. The number of hydrogen-bond acceptors (Lipinski definition) is 3. The van der Waals surface area contributed by atoms with E-state index in [2.05, 4.69) is 31.3 Å². The second kappa shape index (κ2) is 8.12. The van der Waals surface area contributed by atoms with Crippen LogP contribution in [0.25, 0.3) is 0 Å². The van der Waals surface area contributed by atoms with E-state index < -0.39 is 10.0 Å². The fourth-order valence-electron chi connectivity index (χ4n) is 3.25. The van der Waals surface area contributed by atoms with Crippen molar-refractivity contribution in [3.8, 4) is 0 Å². The van der Waals surface area contributed by atoms with Crippen molar-refractivity contribution in [1.29, 1.82) is 0 Å². The van der Waals surface area contributed by atoms with Gasteiger partial charge in [0.2, 0.25) is 15.9 Å². The number of nitrogens with zero attached hydrogens (tertiary/aromatic N) is 1. The van der Waals surface area contributed by atoms with Crippen LogP contribution in [0.5, 0.6) is 0 Å². The normalized spacial score (nSPS) is 20.8. The van der Waals surface area contributed by atoms with E-state index in [1.165, 1.54) is 16.1 Å². The standard InChI is InChI=1S/C18H28N2O3S/c1-14(2)17(15-8-5-4-6-9-15)12-19-18(21)16-10-7-11-20(13-16)24(3,22)23/h4-6,8-9,14,16-17H,7,10-13H2,1-3H3,(H,19,21)/t16-,17+/m1/s1. The minimum atomic E-state index is -3.23. The van der Waals surface area contributed by atoms with Gasteiger partial charge in [0.15, 0.2) is 0 Å². The van der Waals surface area contributed by atoms with Crippen molar-refractivity contribution in [3.05, 3.63) is 35.9 Å². The van der Waals surface area contributed by atoms with Gasteiger partial charge in [0.05, 0.1) is 12.2 Å². The monoisotopic (exact) mass is 352 g/mol. The Bertz CT molecular complexity index is 643. The van der Waals surface area contributed by atoms with Gasteiger partial charge in [0.1, 0.15) is 0 Å². The summed E-state index contributed by atoms with van der Waals surface area (Å²) in [5, 5.41) is 3.04. The topological polar surface area (TPSA) is 66.5 Å². The third-order valence-electron chi connectivity index (χ3n) is 4.75. The van der Waals surface area contributed by atoms with Crippen LogP contribution in [0, 0.1) is 11.8 Å². The molecule has 2 rings (SSSR count). The Morgan fingerprint density at radius 1 is 1.29 bits per heavy atom. The summed E-state index contributed by atoms with van der Waals surface area (Å²) in [4.78, 5) is 12.5.